The molecule has 0 atom stereocenters. The molecule has 0 bridgehead atoms. The Morgan fingerprint density at radius 2 is 1.44 bits per heavy atom. The fraction of sp³-hybridized carbons (Fsp3) is 0.0732. The van der Waals surface area contributed by atoms with Gasteiger partial charge in [0.05, 0.1) is 39.1 Å². The molecule has 5 aromatic carbocycles. The van der Waals surface area contributed by atoms with Gasteiger partial charge < -0.3 is 9.13 Å². The smallest absolute Gasteiger partial charge is 0.101 e. The third-order valence-corrected chi connectivity index (χ3v) is 9.14. The van der Waals surface area contributed by atoms with Crippen LogP contribution in [0.2, 0.25) is 0 Å². The number of hydrogen-bond donors (Lipinski definition) is 0. The molecule has 0 unspecified atom stereocenters. The summed E-state index contributed by atoms with van der Waals surface area (Å²) in [6.45, 7) is 6.15. The van der Waals surface area contributed by atoms with Crippen molar-refractivity contribution < 1.29 is 0 Å². The predicted molar refractivity (Wildman–Crippen MR) is 187 cm³/mol. The Labute approximate surface area is 261 Å². The van der Waals surface area contributed by atoms with Gasteiger partial charge in [-0.25, -0.2) is 0 Å². The van der Waals surface area contributed by atoms with Gasteiger partial charge in [0.1, 0.15) is 12.1 Å². The minimum atomic E-state index is 0.500. The third kappa shape index (κ3) is 3.77. The van der Waals surface area contributed by atoms with Crippen LogP contribution >= 0.6 is 0 Å². The number of hydrogen-bond acceptors (Lipinski definition) is 2. The summed E-state index contributed by atoms with van der Waals surface area (Å²) in [6.07, 6.45) is 12.3. The van der Waals surface area contributed by atoms with E-state index in [0.717, 1.165) is 57.0 Å². The van der Waals surface area contributed by atoms with Crippen molar-refractivity contribution in [2.24, 2.45) is 0 Å². The van der Waals surface area contributed by atoms with Gasteiger partial charge in [0, 0.05) is 21.9 Å². The Kier molecular flexibility index (Phi) is 6.05. The van der Waals surface area contributed by atoms with Gasteiger partial charge in [-0.1, -0.05) is 85.5 Å². The fourth-order valence-electron chi connectivity index (χ4n) is 7.30. The Balaban J connectivity index is 1.46. The Morgan fingerprint density at radius 3 is 2.20 bits per heavy atom. The Bertz CT molecular complexity index is 2540. The molecule has 0 amide bonds. The van der Waals surface area contributed by atoms with Crippen molar-refractivity contribution in [3.05, 3.63) is 137 Å². The molecular weight excluding hydrogens is 548 g/mol. The number of para-hydroxylation sites is 1. The lowest BCUT2D eigenvalue weighted by atomic mass is 9.97. The molecule has 212 valence electrons. The van der Waals surface area contributed by atoms with E-state index < -0.39 is 0 Å². The summed E-state index contributed by atoms with van der Waals surface area (Å²) in [5.41, 5.74) is 9.88. The highest BCUT2D eigenvalue weighted by atomic mass is 15.0. The molecule has 4 nitrogen and oxygen atoms in total. The lowest BCUT2D eigenvalue weighted by Crippen LogP contribution is -2.06. The third-order valence-electron chi connectivity index (χ3n) is 9.14. The number of fused-ring (bicyclic) bond motifs is 8. The van der Waals surface area contributed by atoms with Crippen LogP contribution in [0, 0.1) is 22.7 Å². The summed E-state index contributed by atoms with van der Waals surface area (Å²) in [4.78, 5) is 0. The number of aryl methyl sites for hydroxylation is 1. The standard InChI is InChI=1S/C41H28N4/c1-3-11-26-18-20-36-40(30(26)4-2)32-14-7-9-16-34(32)44(36)38-22-29(25-43)39(23-28(38)24-42)45-35-17-10-8-15-33(35)41-31-13-6-5-12-27(31)19-21-37(41)45/h3-7,9-14,16-23H,2,8,15H2,1H3/b11-3-. The fourth-order valence-corrected chi connectivity index (χ4v) is 7.30. The van der Waals surface area contributed by atoms with E-state index in [2.05, 4.69) is 107 Å². The summed E-state index contributed by atoms with van der Waals surface area (Å²) >= 11 is 0. The molecule has 0 aliphatic heterocycles. The van der Waals surface area contributed by atoms with E-state index in [1.165, 1.54) is 21.7 Å². The van der Waals surface area contributed by atoms with E-state index in [-0.39, 0.29) is 0 Å². The highest BCUT2D eigenvalue weighted by Gasteiger charge is 2.24. The molecule has 8 rings (SSSR count). The van der Waals surface area contributed by atoms with E-state index in [1.807, 2.05) is 43.3 Å². The molecule has 1 aliphatic rings. The summed E-state index contributed by atoms with van der Waals surface area (Å²) in [5, 5.41) is 27.1. The topological polar surface area (TPSA) is 57.4 Å². The summed E-state index contributed by atoms with van der Waals surface area (Å²) in [7, 11) is 0. The van der Waals surface area contributed by atoms with Gasteiger partial charge >= 0.3 is 0 Å². The quantitative estimate of drug-likeness (QED) is 0.209. The van der Waals surface area contributed by atoms with E-state index in [1.54, 1.807) is 0 Å². The van der Waals surface area contributed by atoms with Gasteiger partial charge in [-0.05, 0) is 83.6 Å². The number of rotatable bonds is 4. The molecule has 0 radical (unpaired) electrons. The van der Waals surface area contributed by atoms with Gasteiger partial charge in [0.15, 0.2) is 0 Å². The second-order valence-corrected chi connectivity index (χ2v) is 11.5. The van der Waals surface area contributed by atoms with Crippen LogP contribution in [0.5, 0.6) is 0 Å². The lowest BCUT2D eigenvalue weighted by molar-refractivity contribution is 0.966. The number of nitrogens with zero attached hydrogens (tertiary/aromatic N) is 4. The molecule has 1 aliphatic carbocycles. The normalized spacial score (nSPS) is 12.7. The van der Waals surface area contributed by atoms with Crippen LogP contribution < -0.4 is 0 Å². The van der Waals surface area contributed by atoms with Crippen molar-refractivity contribution in [1.29, 1.82) is 10.5 Å². The molecule has 2 heterocycles. The summed E-state index contributed by atoms with van der Waals surface area (Å²) in [5.74, 6) is 0. The molecule has 2 aromatic heterocycles. The van der Waals surface area contributed by atoms with E-state index in [9.17, 15) is 10.5 Å². The predicted octanol–water partition coefficient (Wildman–Crippen LogP) is 10.3. The highest BCUT2D eigenvalue weighted by molar-refractivity contribution is 6.14. The van der Waals surface area contributed by atoms with E-state index in [0.29, 0.717) is 22.5 Å². The first kappa shape index (κ1) is 26.5. The van der Waals surface area contributed by atoms with Gasteiger partial charge in [0.25, 0.3) is 0 Å². The minimum Gasteiger partial charge on any atom is -0.308 e. The van der Waals surface area contributed by atoms with Crippen molar-refractivity contribution in [3.63, 3.8) is 0 Å². The number of nitriles is 2. The summed E-state index contributed by atoms with van der Waals surface area (Å²) < 4.78 is 4.30. The first-order valence-electron chi connectivity index (χ1n) is 15.2. The molecule has 0 saturated heterocycles. The first-order chi connectivity index (χ1) is 22.2. The van der Waals surface area contributed by atoms with Crippen LogP contribution in [0.25, 0.3) is 73.1 Å². The van der Waals surface area contributed by atoms with E-state index in [4.69, 9.17) is 0 Å². The van der Waals surface area contributed by atoms with Crippen molar-refractivity contribution >= 4 is 61.7 Å². The van der Waals surface area contributed by atoms with Crippen molar-refractivity contribution in [2.75, 3.05) is 0 Å². The SMILES string of the molecule is C=Cc1c(/C=C\C)ccc2c1c1ccccc1n2-c1cc(C#N)c(-n2c3c(c4c5ccccc5ccc42)CCC=C3)cc1C#N. The Hall–Kier alpha value is -6.10. The molecule has 7 aromatic rings. The molecule has 4 heteroatoms. The van der Waals surface area contributed by atoms with Crippen LogP contribution in [0.3, 0.4) is 0 Å². The second-order valence-electron chi connectivity index (χ2n) is 11.5. The zero-order chi connectivity index (χ0) is 30.7. The van der Waals surface area contributed by atoms with Crippen LogP contribution in [-0.4, -0.2) is 9.13 Å². The maximum Gasteiger partial charge on any atom is 0.101 e. The molecule has 0 spiro atoms. The van der Waals surface area contributed by atoms with Crippen molar-refractivity contribution in [2.45, 2.75) is 19.8 Å². The highest BCUT2D eigenvalue weighted by Crippen LogP contribution is 2.41. The number of aromatic nitrogens is 2. The second kappa shape index (κ2) is 10.3. The summed E-state index contributed by atoms with van der Waals surface area (Å²) in [6, 6.07) is 34.0. The largest absolute Gasteiger partial charge is 0.308 e. The molecule has 0 saturated carbocycles. The van der Waals surface area contributed by atoms with Crippen LogP contribution in [0.4, 0.5) is 0 Å². The molecule has 0 fully saturated rings. The molecule has 45 heavy (non-hydrogen) atoms. The van der Waals surface area contributed by atoms with Crippen molar-refractivity contribution in [1.82, 2.24) is 9.13 Å². The number of benzene rings is 5. The minimum absolute atomic E-state index is 0.500. The van der Waals surface area contributed by atoms with Gasteiger partial charge in [-0.2, -0.15) is 10.5 Å². The van der Waals surface area contributed by atoms with E-state index >= 15 is 0 Å². The zero-order valence-electron chi connectivity index (χ0n) is 24.9. The monoisotopic (exact) mass is 576 g/mol. The van der Waals surface area contributed by atoms with Crippen LogP contribution in [0.1, 0.15) is 46.9 Å². The lowest BCUT2D eigenvalue weighted by Gasteiger charge is -2.17. The molecular formula is C41H28N4. The number of allylic oxidation sites excluding steroid dienone is 2. The van der Waals surface area contributed by atoms with Gasteiger partial charge in [-0.3, -0.25) is 0 Å². The maximum absolute atomic E-state index is 10.7. The van der Waals surface area contributed by atoms with Crippen LogP contribution in [0.15, 0.2) is 104 Å². The Morgan fingerprint density at radius 1 is 0.756 bits per heavy atom. The first-order valence-corrected chi connectivity index (χ1v) is 15.2. The average Bonchev–Trinajstić information content (AvgIpc) is 3.61. The van der Waals surface area contributed by atoms with Gasteiger partial charge in [0.2, 0.25) is 0 Å². The van der Waals surface area contributed by atoms with Gasteiger partial charge in [-0.15, -0.1) is 0 Å². The zero-order valence-corrected chi connectivity index (χ0v) is 24.9. The van der Waals surface area contributed by atoms with Crippen LogP contribution in [-0.2, 0) is 6.42 Å². The molecule has 0 N–H and O–H groups in total. The van der Waals surface area contributed by atoms with Crippen molar-refractivity contribution in [3.8, 4) is 23.5 Å². The average molecular weight is 577 g/mol. The maximum atomic E-state index is 10.7.